The van der Waals surface area contributed by atoms with Crippen molar-refractivity contribution in [2.75, 3.05) is 19.3 Å². The summed E-state index contributed by atoms with van der Waals surface area (Å²) < 4.78 is 33.8. The Labute approximate surface area is 229 Å². The number of hydrogen-bond acceptors (Lipinski definition) is 10. The molecule has 12 heteroatoms. The number of aliphatic hydroxyl groups is 1. The van der Waals surface area contributed by atoms with E-state index in [2.05, 4.69) is 0 Å². The lowest BCUT2D eigenvalue weighted by atomic mass is 9.74. The minimum atomic E-state index is -1.33. The van der Waals surface area contributed by atoms with E-state index in [-0.39, 0.29) is 10.8 Å². The van der Waals surface area contributed by atoms with Gasteiger partial charge in [-0.25, -0.2) is 4.39 Å². The van der Waals surface area contributed by atoms with E-state index in [4.69, 9.17) is 30.5 Å². The van der Waals surface area contributed by atoms with Crippen molar-refractivity contribution in [3.8, 4) is 0 Å². The van der Waals surface area contributed by atoms with Gasteiger partial charge < -0.3 is 24.1 Å². The molecule has 2 aliphatic rings. The first kappa shape index (κ1) is 30.2. The summed E-state index contributed by atoms with van der Waals surface area (Å²) in [7, 11) is 0. The Morgan fingerprint density at radius 2 is 1.61 bits per heavy atom. The number of carbonyl (C=O) groups excluding carboxylic acids is 4. The Bertz CT molecular complexity index is 1080. The second kappa shape index (κ2) is 12.2. The first-order valence-corrected chi connectivity index (χ1v) is 13.6. The third-order valence-corrected chi connectivity index (χ3v) is 8.52. The normalized spacial score (nSPS) is 27.6. The van der Waals surface area contributed by atoms with Crippen LogP contribution in [-0.4, -0.2) is 54.4 Å². The van der Waals surface area contributed by atoms with Crippen LogP contribution in [0.5, 0.6) is 0 Å². The van der Waals surface area contributed by atoms with Gasteiger partial charge in [-0.3, -0.25) is 19.2 Å². The molecule has 2 saturated carbocycles. The van der Waals surface area contributed by atoms with Crippen molar-refractivity contribution in [3.05, 3.63) is 29.0 Å². The minimum absolute atomic E-state index is 0.0556. The standard InChI is InChI=1S/C26H32ClFO9S/c1-12(2)22(30)34-10-36-24(32)19-18-20(19)26(5,25(33)37-11-35-23(31)13(3)4)15(21(18)29)9-38-14-6-7-17(28)16(27)8-14/h6-8,12-13,15,18-21,29H,9-11H2,1-5H3/t15-,18+,19+,20+,21-,26-/m1/s1. The molecule has 9 nitrogen and oxygen atoms in total. The SMILES string of the molecule is CC(C)C(=O)OCOC(=O)[C@H]1[C@@H]2[C@H](O)[C@@H](CSc3ccc(F)c(Cl)c3)[C@@](C)(C(=O)OCOC(=O)C(C)C)[C@H]12. The molecule has 1 N–H and O–H groups in total. The van der Waals surface area contributed by atoms with E-state index >= 15 is 0 Å². The highest BCUT2D eigenvalue weighted by Gasteiger charge is 2.77. The molecule has 1 aromatic rings. The fourth-order valence-electron chi connectivity index (χ4n) is 4.89. The Balaban J connectivity index is 1.73. The molecule has 38 heavy (non-hydrogen) atoms. The Morgan fingerprint density at radius 1 is 1.03 bits per heavy atom. The lowest BCUT2D eigenvalue weighted by Gasteiger charge is -2.34. The van der Waals surface area contributed by atoms with Crippen molar-refractivity contribution < 1.29 is 47.6 Å². The zero-order valence-corrected chi connectivity index (χ0v) is 23.3. The summed E-state index contributed by atoms with van der Waals surface area (Å²) in [4.78, 5) is 50.1. The van der Waals surface area contributed by atoms with Crippen LogP contribution in [0.2, 0.25) is 5.02 Å². The molecular weight excluding hydrogens is 543 g/mol. The van der Waals surface area contributed by atoms with Crippen LogP contribution in [0, 0.1) is 46.7 Å². The first-order chi connectivity index (χ1) is 17.8. The summed E-state index contributed by atoms with van der Waals surface area (Å²) in [5, 5.41) is 11.1. The molecular formula is C26H32ClFO9S. The molecule has 0 bridgehead atoms. The largest absolute Gasteiger partial charge is 0.428 e. The van der Waals surface area contributed by atoms with Crippen LogP contribution in [0.15, 0.2) is 23.1 Å². The van der Waals surface area contributed by atoms with Gasteiger partial charge in [0.15, 0.2) is 0 Å². The van der Waals surface area contributed by atoms with Crippen LogP contribution < -0.4 is 0 Å². The van der Waals surface area contributed by atoms with Gasteiger partial charge in [0.05, 0.1) is 34.3 Å². The second-order valence-corrected chi connectivity index (χ2v) is 11.8. The van der Waals surface area contributed by atoms with E-state index in [1.54, 1.807) is 34.6 Å². The van der Waals surface area contributed by atoms with Crippen LogP contribution >= 0.6 is 23.4 Å². The van der Waals surface area contributed by atoms with Crippen molar-refractivity contribution in [2.45, 2.75) is 45.6 Å². The van der Waals surface area contributed by atoms with E-state index in [1.807, 2.05) is 0 Å². The topological polar surface area (TPSA) is 125 Å². The Kier molecular flexibility index (Phi) is 9.70. The summed E-state index contributed by atoms with van der Waals surface area (Å²) in [6.07, 6.45) is -1.06. The number of esters is 4. The molecule has 0 spiro atoms. The van der Waals surface area contributed by atoms with Gasteiger partial charge in [0.25, 0.3) is 0 Å². The lowest BCUT2D eigenvalue weighted by molar-refractivity contribution is -0.180. The lowest BCUT2D eigenvalue weighted by Crippen LogP contribution is -2.44. The van der Waals surface area contributed by atoms with Crippen molar-refractivity contribution in [2.24, 2.45) is 40.9 Å². The molecule has 0 heterocycles. The van der Waals surface area contributed by atoms with Crippen LogP contribution in [0.1, 0.15) is 34.6 Å². The summed E-state index contributed by atoms with van der Waals surface area (Å²) in [6.45, 7) is 6.97. The third kappa shape index (κ3) is 6.26. The number of thioether (sulfide) groups is 1. The van der Waals surface area contributed by atoms with E-state index in [0.29, 0.717) is 4.90 Å². The van der Waals surface area contributed by atoms with E-state index in [1.165, 1.54) is 30.0 Å². The molecule has 0 unspecified atom stereocenters. The summed E-state index contributed by atoms with van der Waals surface area (Å²) in [5.41, 5.74) is -1.33. The monoisotopic (exact) mass is 574 g/mol. The smallest absolute Gasteiger partial charge is 0.315 e. The van der Waals surface area contributed by atoms with Gasteiger partial charge in [0.2, 0.25) is 13.6 Å². The number of ether oxygens (including phenoxy) is 4. The maximum Gasteiger partial charge on any atom is 0.315 e. The number of fused-ring (bicyclic) bond motifs is 1. The molecule has 0 aromatic heterocycles. The Hall–Kier alpha value is -2.37. The third-order valence-electron chi connectivity index (χ3n) is 7.11. The number of carbonyl (C=O) groups is 4. The average Bonchev–Trinajstić information content (AvgIpc) is 3.57. The van der Waals surface area contributed by atoms with E-state index in [9.17, 15) is 28.7 Å². The van der Waals surface area contributed by atoms with Gasteiger partial charge in [-0.1, -0.05) is 39.3 Å². The van der Waals surface area contributed by atoms with Crippen LogP contribution in [0.25, 0.3) is 0 Å². The molecule has 0 amide bonds. The molecule has 0 saturated heterocycles. The highest BCUT2D eigenvalue weighted by atomic mass is 35.5. The number of rotatable bonds is 11. The highest BCUT2D eigenvalue weighted by Crippen LogP contribution is 2.69. The van der Waals surface area contributed by atoms with Gasteiger partial charge in [-0.15, -0.1) is 11.8 Å². The molecule has 0 radical (unpaired) electrons. The van der Waals surface area contributed by atoms with Gasteiger partial charge >= 0.3 is 23.9 Å². The van der Waals surface area contributed by atoms with Gasteiger partial charge in [-0.2, -0.15) is 0 Å². The predicted molar refractivity (Wildman–Crippen MR) is 134 cm³/mol. The minimum Gasteiger partial charge on any atom is -0.428 e. The van der Waals surface area contributed by atoms with E-state index in [0.717, 1.165) is 0 Å². The predicted octanol–water partition coefficient (Wildman–Crippen LogP) is 3.83. The zero-order chi connectivity index (χ0) is 28.4. The molecule has 210 valence electrons. The molecule has 6 atom stereocenters. The fraction of sp³-hybridized carbons (Fsp3) is 0.615. The number of benzene rings is 1. The molecule has 0 aliphatic heterocycles. The maximum absolute atomic E-state index is 13.6. The summed E-state index contributed by atoms with van der Waals surface area (Å²) in [6, 6.07) is 4.21. The number of halogens is 2. The van der Waals surface area contributed by atoms with Crippen molar-refractivity contribution >= 4 is 47.2 Å². The van der Waals surface area contributed by atoms with Crippen molar-refractivity contribution in [3.63, 3.8) is 0 Å². The quantitative estimate of drug-likeness (QED) is 0.237. The highest BCUT2D eigenvalue weighted by molar-refractivity contribution is 7.99. The van der Waals surface area contributed by atoms with Gasteiger partial charge in [-0.05, 0) is 31.0 Å². The Morgan fingerprint density at radius 3 is 2.16 bits per heavy atom. The number of aliphatic hydroxyl groups excluding tert-OH is 1. The average molecular weight is 575 g/mol. The summed E-state index contributed by atoms with van der Waals surface area (Å²) >= 11 is 7.15. The van der Waals surface area contributed by atoms with E-state index < -0.39 is 90.3 Å². The fourth-order valence-corrected chi connectivity index (χ4v) is 6.42. The number of hydrogen-bond donors (Lipinski definition) is 1. The summed E-state index contributed by atoms with van der Waals surface area (Å²) in [5.74, 6) is -6.29. The van der Waals surface area contributed by atoms with Crippen LogP contribution in [0.4, 0.5) is 4.39 Å². The van der Waals surface area contributed by atoms with Gasteiger partial charge in [0.1, 0.15) is 5.82 Å². The second-order valence-electron chi connectivity index (χ2n) is 10.3. The molecule has 3 rings (SSSR count). The van der Waals surface area contributed by atoms with Gasteiger partial charge in [0, 0.05) is 22.5 Å². The van der Waals surface area contributed by atoms with Crippen LogP contribution in [-0.2, 0) is 38.1 Å². The molecule has 2 fully saturated rings. The first-order valence-electron chi connectivity index (χ1n) is 12.2. The van der Waals surface area contributed by atoms with Crippen molar-refractivity contribution in [1.29, 1.82) is 0 Å². The van der Waals surface area contributed by atoms with Crippen LogP contribution in [0.3, 0.4) is 0 Å². The zero-order valence-electron chi connectivity index (χ0n) is 21.8. The molecule has 1 aromatic carbocycles. The maximum atomic E-state index is 13.6. The molecule has 2 aliphatic carbocycles. The van der Waals surface area contributed by atoms with Crippen molar-refractivity contribution in [1.82, 2.24) is 0 Å².